The van der Waals surface area contributed by atoms with E-state index < -0.39 is 17.8 Å². The van der Waals surface area contributed by atoms with Gasteiger partial charge in [0.25, 0.3) is 0 Å². The summed E-state index contributed by atoms with van der Waals surface area (Å²) in [6, 6.07) is 4.01. The van der Waals surface area contributed by atoms with Crippen LogP contribution in [0.4, 0.5) is 15.1 Å². The lowest BCUT2D eigenvalue weighted by molar-refractivity contribution is 0.0601. The summed E-state index contributed by atoms with van der Waals surface area (Å²) >= 11 is 11.9. The van der Waals surface area contributed by atoms with Gasteiger partial charge in [-0.1, -0.05) is 11.6 Å². The van der Waals surface area contributed by atoms with Crippen LogP contribution in [0, 0.1) is 12.7 Å². The monoisotopic (exact) mass is 416 g/mol. The Bertz CT molecular complexity index is 885. The molecule has 0 radical (unpaired) electrons. The Kier molecular flexibility index (Phi) is 6.52. The molecule has 0 aliphatic heterocycles. The van der Waals surface area contributed by atoms with E-state index in [1.807, 2.05) is 0 Å². The van der Waals surface area contributed by atoms with Crippen LogP contribution in [0.1, 0.15) is 25.6 Å². The fourth-order valence-electron chi connectivity index (χ4n) is 2.08. The van der Waals surface area contributed by atoms with Gasteiger partial charge in [-0.2, -0.15) is 0 Å². The SMILES string of the molecule is COC(=O)c1sc(NC(=S)Nc2ccc(F)c(Cl)c2)c(C(=O)OC)c1C. The third-order valence-electron chi connectivity index (χ3n) is 3.31. The van der Waals surface area contributed by atoms with E-state index in [0.29, 0.717) is 16.3 Å². The first-order valence-electron chi connectivity index (χ1n) is 7.11. The Morgan fingerprint density at radius 1 is 1.19 bits per heavy atom. The van der Waals surface area contributed by atoms with Gasteiger partial charge in [0.1, 0.15) is 15.7 Å². The average molecular weight is 417 g/mol. The summed E-state index contributed by atoms with van der Waals surface area (Å²) in [5, 5.41) is 6.04. The normalized spacial score (nSPS) is 10.2. The number of benzene rings is 1. The van der Waals surface area contributed by atoms with Crippen LogP contribution < -0.4 is 10.6 Å². The maximum atomic E-state index is 13.2. The maximum absolute atomic E-state index is 13.2. The molecule has 2 N–H and O–H groups in total. The highest BCUT2D eigenvalue weighted by atomic mass is 35.5. The first-order valence-corrected chi connectivity index (χ1v) is 8.71. The van der Waals surface area contributed by atoms with E-state index in [0.717, 1.165) is 11.3 Å². The number of thiocarbonyl (C=S) groups is 1. The summed E-state index contributed by atoms with van der Waals surface area (Å²) in [5.74, 6) is -1.75. The number of ether oxygens (including phenoxy) is 2. The fraction of sp³-hybridized carbons (Fsp3) is 0.188. The minimum atomic E-state index is -0.621. The number of methoxy groups -OCH3 is 2. The largest absolute Gasteiger partial charge is 0.465 e. The smallest absolute Gasteiger partial charge is 0.348 e. The number of hydrogen-bond donors (Lipinski definition) is 2. The summed E-state index contributed by atoms with van der Waals surface area (Å²) in [7, 11) is 2.48. The molecule has 0 aliphatic carbocycles. The molecular formula is C16H14ClFN2O4S2. The van der Waals surface area contributed by atoms with E-state index in [2.05, 4.69) is 10.6 Å². The molecule has 0 bridgehead atoms. The summed E-state index contributed by atoms with van der Waals surface area (Å²) < 4.78 is 22.7. The third kappa shape index (κ3) is 4.29. The third-order valence-corrected chi connectivity index (χ3v) is 4.99. The molecule has 0 saturated heterocycles. The van der Waals surface area contributed by atoms with Crippen LogP contribution in [-0.2, 0) is 9.47 Å². The number of rotatable bonds is 4. The number of anilines is 2. The Morgan fingerprint density at radius 2 is 1.85 bits per heavy atom. The Labute approximate surface area is 163 Å². The minimum absolute atomic E-state index is 0.0620. The molecule has 0 saturated carbocycles. The summed E-state index contributed by atoms with van der Waals surface area (Å²) in [5.41, 5.74) is 1.05. The van der Waals surface area contributed by atoms with E-state index in [-0.39, 0.29) is 20.6 Å². The van der Waals surface area contributed by atoms with E-state index >= 15 is 0 Å². The Hall–Kier alpha value is -2.23. The van der Waals surface area contributed by atoms with Crippen LogP contribution in [-0.4, -0.2) is 31.3 Å². The van der Waals surface area contributed by atoms with Gasteiger partial charge in [-0.05, 0) is 42.9 Å². The first-order chi connectivity index (χ1) is 12.3. The molecule has 1 aromatic carbocycles. The van der Waals surface area contributed by atoms with Crippen molar-refractivity contribution in [2.45, 2.75) is 6.92 Å². The number of esters is 2. The Morgan fingerprint density at radius 3 is 2.42 bits per heavy atom. The molecule has 0 unspecified atom stereocenters. The van der Waals surface area contributed by atoms with Gasteiger partial charge in [0.05, 0.1) is 24.8 Å². The topological polar surface area (TPSA) is 76.7 Å². The van der Waals surface area contributed by atoms with Gasteiger partial charge >= 0.3 is 11.9 Å². The Balaban J connectivity index is 2.29. The van der Waals surface area contributed by atoms with Crippen LogP contribution in [0.2, 0.25) is 5.02 Å². The highest BCUT2D eigenvalue weighted by molar-refractivity contribution is 7.80. The molecule has 138 valence electrons. The second kappa shape index (κ2) is 8.43. The molecule has 0 aliphatic rings. The highest BCUT2D eigenvalue weighted by Crippen LogP contribution is 2.34. The van der Waals surface area contributed by atoms with Crippen molar-refractivity contribution < 1.29 is 23.5 Å². The van der Waals surface area contributed by atoms with E-state index in [1.54, 1.807) is 6.92 Å². The van der Waals surface area contributed by atoms with Gasteiger partial charge < -0.3 is 20.1 Å². The van der Waals surface area contributed by atoms with Crippen LogP contribution >= 0.6 is 35.2 Å². The highest BCUT2D eigenvalue weighted by Gasteiger charge is 2.26. The van der Waals surface area contributed by atoms with E-state index in [9.17, 15) is 14.0 Å². The summed E-state index contributed by atoms with van der Waals surface area (Å²) in [6.45, 7) is 1.61. The number of halogens is 2. The molecular weight excluding hydrogens is 403 g/mol. The zero-order valence-corrected chi connectivity index (χ0v) is 16.3. The zero-order chi connectivity index (χ0) is 19.4. The van der Waals surface area contributed by atoms with Crippen molar-refractivity contribution in [3.63, 3.8) is 0 Å². The van der Waals surface area contributed by atoms with Gasteiger partial charge in [0.2, 0.25) is 0 Å². The molecule has 0 spiro atoms. The summed E-state index contributed by atoms with van der Waals surface area (Å²) in [6.07, 6.45) is 0. The molecule has 1 heterocycles. The zero-order valence-electron chi connectivity index (χ0n) is 13.9. The predicted molar refractivity (Wildman–Crippen MR) is 103 cm³/mol. The lowest BCUT2D eigenvalue weighted by atomic mass is 10.1. The molecule has 26 heavy (non-hydrogen) atoms. The molecule has 0 fully saturated rings. The van der Waals surface area contributed by atoms with Gasteiger partial charge in [0, 0.05) is 5.69 Å². The number of carbonyl (C=O) groups excluding carboxylic acids is 2. The van der Waals surface area contributed by atoms with Crippen molar-refractivity contribution >= 4 is 62.9 Å². The second-order valence-electron chi connectivity index (χ2n) is 4.95. The molecule has 6 nitrogen and oxygen atoms in total. The van der Waals surface area contributed by atoms with E-state index in [1.165, 1.54) is 32.4 Å². The predicted octanol–water partition coefficient (Wildman–Crippen LogP) is 4.23. The number of thiophene rings is 1. The number of carbonyl (C=O) groups is 2. The van der Waals surface area contributed by atoms with Gasteiger partial charge in [-0.15, -0.1) is 11.3 Å². The molecule has 10 heteroatoms. The van der Waals surface area contributed by atoms with Crippen LogP contribution in [0.15, 0.2) is 18.2 Å². The van der Waals surface area contributed by atoms with Crippen LogP contribution in [0.3, 0.4) is 0 Å². The quantitative estimate of drug-likeness (QED) is 0.570. The number of hydrogen-bond acceptors (Lipinski definition) is 6. The van der Waals surface area contributed by atoms with E-state index in [4.69, 9.17) is 33.3 Å². The molecule has 2 aromatic rings. The van der Waals surface area contributed by atoms with Gasteiger partial charge in [-0.25, -0.2) is 14.0 Å². The van der Waals surface area contributed by atoms with Crippen molar-refractivity contribution in [3.8, 4) is 0 Å². The fourth-order valence-corrected chi connectivity index (χ4v) is 3.66. The minimum Gasteiger partial charge on any atom is -0.465 e. The number of nitrogens with one attached hydrogen (secondary N) is 2. The molecule has 1 aromatic heterocycles. The standard InChI is InChI=1S/C16H14ClFN2O4S2/c1-7-11(14(21)23-2)13(26-12(7)15(22)24-3)20-16(25)19-8-4-5-10(18)9(17)6-8/h4-6H,1-3H3,(H2,19,20,25). The maximum Gasteiger partial charge on any atom is 0.348 e. The van der Waals surface area contributed by atoms with Crippen molar-refractivity contribution in [1.29, 1.82) is 0 Å². The van der Waals surface area contributed by atoms with Gasteiger partial charge in [-0.3, -0.25) is 0 Å². The lowest BCUT2D eigenvalue weighted by Gasteiger charge is -2.11. The molecule has 0 amide bonds. The van der Waals surface area contributed by atoms with Crippen LogP contribution in [0.5, 0.6) is 0 Å². The lowest BCUT2D eigenvalue weighted by Crippen LogP contribution is -2.20. The van der Waals surface area contributed by atoms with Crippen molar-refractivity contribution in [2.24, 2.45) is 0 Å². The second-order valence-corrected chi connectivity index (χ2v) is 6.79. The van der Waals surface area contributed by atoms with Crippen molar-refractivity contribution in [3.05, 3.63) is 45.0 Å². The van der Waals surface area contributed by atoms with Crippen molar-refractivity contribution in [2.75, 3.05) is 24.9 Å². The van der Waals surface area contributed by atoms with Gasteiger partial charge in [0.15, 0.2) is 5.11 Å². The van der Waals surface area contributed by atoms with Crippen molar-refractivity contribution in [1.82, 2.24) is 0 Å². The average Bonchev–Trinajstić information content (AvgIpc) is 2.92. The molecule has 0 atom stereocenters. The molecule has 2 rings (SSSR count). The summed E-state index contributed by atoms with van der Waals surface area (Å²) in [4.78, 5) is 24.2. The van der Waals surface area contributed by atoms with Crippen LogP contribution in [0.25, 0.3) is 0 Å². The first kappa shape index (κ1) is 20.1.